The first-order chi connectivity index (χ1) is 4.43. The van der Waals surface area contributed by atoms with Crippen LogP contribution in [0.2, 0.25) is 0 Å². The maximum Gasteiger partial charge on any atom is 0.203 e. The Morgan fingerprint density at radius 1 is 1.56 bits per heavy atom. The summed E-state index contributed by atoms with van der Waals surface area (Å²) in [5.41, 5.74) is 0. The molecule has 9 heavy (non-hydrogen) atoms. The summed E-state index contributed by atoms with van der Waals surface area (Å²) in [5, 5.41) is 5.92. The van der Waals surface area contributed by atoms with E-state index in [4.69, 9.17) is 0 Å². The highest BCUT2D eigenvalue weighted by atomic mass is 32.2. The SMILES string of the molecule is O=[C]CC1=CSC=CS1. The summed E-state index contributed by atoms with van der Waals surface area (Å²) in [6, 6.07) is 0. The van der Waals surface area contributed by atoms with Gasteiger partial charge in [0.05, 0.1) is 0 Å². The molecular formula is C6H5OS2. The van der Waals surface area contributed by atoms with Crippen LogP contribution in [0.3, 0.4) is 0 Å². The molecule has 1 rings (SSSR count). The van der Waals surface area contributed by atoms with E-state index in [0.29, 0.717) is 6.42 Å². The maximum absolute atomic E-state index is 9.86. The number of carbonyl (C=O) groups excluding carboxylic acids is 1. The Kier molecular flexibility index (Phi) is 2.94. The van der Waals surface area contributed by atoms with Crippen LogP contribution in [0.1, 0.15) is 6.42 Å². The van der Waals surface area contributed by atoms with Crippen molar-refractivity contribution in [3.05, 3.63) is 21.1 Å². The van der Waals surface area contributed by atoms with Crippen LogP contribution < -0.4 is 0 Å². The zero-order chi connectivity index (χ0) is 6.53. The molecule has 0 aliphatic carbocycles. The van der Waals surface area contributed by atoms with Gasteiger partial charge in [-0.05, 0) is 16.2 Å². The molecule has 0 N–H and O–H groups in total. The van der Waals surface area contributed by atoms with Crippen LogP contribution >= 0.6 is 23.5 Å². The number of allylic oxidation sites excluding steroid dienone is 1. The lowest BCUT2D eigenvalue weighted by Crippen LogP contribution is -1.77. The molecule has 0 aromatic heterocycles. The van der Waals surface area contributed by atoms with Gasteiger partial charge < -0.3 is 0 Å². The molecule has 0 unspecified atom stereocenters. The average Bonchev–Trinajstić information content (AvgIpc) is 1.91. The first-order valence-electron chi connectivity index (χ1n) is 2.44. The molecular weight excluding hydrogens is 152 g/mol. The molecule has 0 aromatic rings. The Morgan fingerprint density at radius 3 is 3.00 bits per heavy atom. The Balaban J connectivity index is 2.40. The van der Waals surface area contributed by atoms with Crippen molar-refractivity contribution in [2.24, 2.45) is 0 Å². The summed E-state index contributed by atoms with van der Waals surface area (Å²) in [5.74, 6) is 0. The maximum atomic E-state index is 9.86. The predicted octanol–water partition coefficient (Wildman–Crippen LogP) is 2.28. The molecule has 1 nitrogen and oxygen atoms in total. The van der Waals surface area contributed by atoms with Crippen molar-refractivity contribution >= 4 is 29.8 Å². The van der Waals surface area contributed by atoms with E-state index in [2.05, 4.69) is 0 Å². The van der Waals surface area contributed by atoms with Crippen LogP contribution in [0.4, 0.5) is 0 Å². The fourth-order valence-electron chi connectivity index (χ4n) is 0.445. The van der Waals surface area contributed by atoms with Gasteiger partial charge in [-0.25, -0.2) is 0 Å². The zero-order valence-electron chi connectivity index (χ0n) is 4.66. The van der Waals surface area contributed by atoms with Gasteiger partial charge in [0.2, 0.25) is 6.29 Å². The Labute approximate surface area is 62.6 Å². The lowest BCUT2D eigenvalue weighted by atomic mass is 10.5. The monoisotopic (exact) mass is 157 g/mol. The van der Waals surface area contributed by atoms with E-state index in [9.17, 15) is 4.79 Å². The molecule has 0 saturated heterocycles. The van der Waals surface area contributed by atoms with Gasteiger partial charge in [-0.1, -0.05) is 0 Å². The lowest BCUT2D eigenvalue weighted by molar-refractivity contribution is 0.556. The summed E-state index contributed by atoms with van der Waals surface area (Å²) in [6.45, 7) is 0. The molecule has 0 saturated carbocycles. The zero-order valence-corrected chi connectivity index (χ0v) is 6.30. The van der Waals surface area contributed by atoms with Gasteiger partial charge >= 0.3 is 0 Å². The van der Waals surface area contributed by atoms with Crippen molar-refractivity contribution in [2.45, 2.75) is 6.42 Å². The average molecular weight is 157 g/mol. The first kappa shape index (κ1) is 6.96. The molecule has 1 aliphatic rings. The third-order valence-corrected chi connectivity index (χ3v) is 2.67. The van der Waals surface area contributed by atoms with E-state index in [1.807, 2.05) is 22.5 Å². The van der Waals surface area contributed by atoms with Crippen LogP contribution in [-0.4, -0.2) is 6.29 Å². The predicted molar refractivity (Wildman–Crippen MR) is 42.7 cm³/mol. The summed E-state index contributed by atoms with van der Waals surface area (Å²) in [6.07, 6.45) is 2.28. The first-order valence-corrected chi connectivity index (χ1v) is 4.27. The van der Waals surface area contributed by atoms with E-state index in [-0.39, 0.29) is 0 Å². The van der Waals surface area contributed by atoms with E-state index >= 15 is 0 Å². The van der Waals surface area contributed by atoms with Gasteiger partial charge in [0.25, 0.3) is 0 Å². The molecule has 0 spiro atoms. The number of hydrogen-bond acceptors (Lipinski definition) is 3. The Bertz CT molecular complexity index is 156. The minimum atomic E-state index is 0.433. The topological polar surface area (TPSA) is 17.1 Å². The largest absolute Gasteiger partial charge is 0.290 e. The van der Waals surface area contributed by atoms with Crippen LogP contribution in [-0.2, 0) is 4.79 Å². The molecule has 0 aromatic carbocycles. The molecule has 1 aliphatic heterocycles. The lowest BCUT2D eigenvalue weighted by Gasteiger charge is -2.00. The molecule has 1 radical (unpaired) electrons. The van der Waals surface area contributed by atoms with Gasteiger partial charge in [-0.15, -0.1) is 23.5 Å². The van der Waals surface area contributed by atoms with Crippen molar-refractivity contribution in [3.8, 4) is 0 Å². The number of rotatable bonds is 2. The fraction of sp³-hybridized carbons (Fsp3) is 0.167. The standard InChI is InChI=1S/C6H5OS2/c7-2-1-6-5-8-3-4-9-6/h3-5H,1H2. The highest BCUT2D eigenvalue weighted by molar-refractivity contribution is 8.11. The van der Waals surface area contributed by atoms with Crippen molar-refractivity contribution in [1.82, 2.24) is 0 Å². The highest BCUT2D eigenvalue weighted by Crippen LogP contribution is 2.29. The van der Waals surface area contributed by atoms with E-state index in [0.717, 1.165) is 4.91 Å². The minimum absolute atomic E-state index is 0.433. The van der Waals surface area contributed by atoms with Crippen molar-refractivity contribution in [3.63, 3.8) is 0 Å². The van der Waals surface area contributed by atoms with Gasteiger partial charge in [0.15, 0.2) is 0 Å². The Morgan fingerprint density at radius 2 is 2.44 bits per heavy atom. The van der Waals surface area contributed by atoms with Gasteiger partial charge in [0, 0.05) is 11.3 Å². The number of hydrogen-bond donors (Lipinski definition) is 0. The Hall–Kier alpha value is -0.150. The summed E-state index contributed by atoms with van der Waals surface area (Å²) < 4.78 is 0. The van der Waals surface area contributed by atoms with Crippen molar-refractivity contribution in [2.75, 3.05) is 0 Å². The number of thioether (sulfide) groups is 2. The van der Waals surface area contributed by atoms with Crippen LogP contribution in [0.5, 0.6) is 0 Å². The second-order valence-electron chi connectivity index (χ2n) is 1.43. The molecule has 1 heterocycles. The van der Waals surface area contributed by atoms with E-state index < -0.39 is 0 Å². The molecule has 3 heteroatoms. The van der Waals surface area contributed by atoms with Gasteiger partial charge in [-0.2, -0.15) is 0 Å². The summed E-state index contributed by atoms with van der Waals surface area (Å²) in [4.78, 5) is 10.9. The van der Waals surface area contributed by atoms with Gasteiger partial charge in [0.1, 0.15) is 0 Å². The third kappa shape index (κ3) is 2.28. The third-order valence-electron chi connectivity index (χ3n) is 0.799. The molecule has 0 atom stereocenters. The normalized spacial score (nSPS) is 17.1. The summed E-state index contributed by atoms with van der Waals surface area (Å²) >= 11 is 3.19. The quantitative estimate of drug-likeness (QED) is 0.612. The van der Waals surface area contributed by atoms with Crippen molar-refractivity contribution in [1.29, 1.82) is 0 Å². The summed E-state index contributed by atoms with van der Waals surface area (Å²) in [7, 11) is 0. The molecule has 0 amide bonds. The molecule has 0 fully saturated rings. The molecule has 0 bridgehead atoms. The molecule has 47 valence electrons. The van der Waals surface area contributed by atoms with Crippen LogP contribution in [0.25, 0.3) is 0 Å². The van der Waals surface area contributed by atoms with Crippen molar-refractivity contribution < 1.29 is 4.79 Å². The van der Waals surface area contributed by atoms with Crippen LogP contribution in [0.15, 0.2) is 21.1 Å². The van der Waals surface area contributed by atoms with Gasteiger partial charge in [-0.3, -0.25) is 4.79 Å². The van der Waals surface area contributed by atoms with Crippen LogP contribution in [0, 0.1) is 0 Å². The highest BCUT2D eigenvalue weighted by Gasteiger charge is 1.97. The smallest absolute Gasteiger partial charge is 0.203 e. The second kappa shape index (κ2) is 3.80. The fourth-order valence-corrected chi connectivity index (χ4v) is 1.94. The minimum Gasteiger partial charge on any atom is -0.290 e. The second-order valence-corrected chi connectivity index (χ2v) is 3.24. The van der Waals surface area contributed by atoms with E-state index in [1.165, 1.54) is 0 Å². The van der Waals surface area contributed by atoms with E-state index in [1.54, 1.807) is 23.5 Å².